The Balaban J connectivity index is 0.00000144. The third-order valence-corrected chi connectivity index (χ3v) is 1.80. The van der Waals surface area contributed by atoms with Gasteiger partial charge in [0, 0.05) is 0 Å². The topological polar surface area (TPSA) is 67.3 Å². The predicted octanol–water partition coefficient (Wildman–Crippen LogP) is 1.03. The Morgan fingerprint density at radius 3 is 2.23 bits per heavy atom. The fraction of sp³-hybridized carbons (Fsp3) is 0. The largest absolute Gasteiger partial charge is 0.312 e. The highest BCUT2D eigenvalue weighted by atomic mass is 35.5. The van der Waals surface area contributed by atoms with Crippen LogP contribution in [0.5, 0.6) is 0 Å². The quantitative estimate of drug-likeness (QED) is 0.579. The van der Waals surface area contributed by atoms with Gasteiger partial charge >= 0.3 is 10.1 Å². The van der Waals surface area contributed by atoms with Crippen LogP contribution in [-0.4, -0.2) is 18.0 Å². The molecular formula is C5H4ClF2NO3S. The first-order chi connectivity index (χ1) is 5.41. The van der Waals surface area contributed by atoms with Crippen molar-refractivity contribution in [1.82, 2.24) is 4.98 Å². The Hall–Kier alpha value is -0.790. The Morgan fingerprint density at radius 1 is 1.31 bits per heavy atom. The number of pyridine rings is 1. The second-order valence-electron chi connectivity index (χ2n) is 1.90. The molecule has 1 N–H and O–H groups in total. The van der Waals surface area contributed by atoms with Crippen LogP contribution in [0.3, 0.4) is 0 Å². The SMILES string of the molecule is Cl.O=S(=O)(O)c1ccc(F)c(F)n1. The van der Waals surface area contributed by atoms with E-state index in [-0.39, 0.29) is 12.4 Å². The van der Waals surface area contributed by atoms with Crippen LogP contribution >= 0.6 is 12.4 Å². The van der Waals surface area contributed by atoms with Crippen LogP contribution in [0.25, 0.3) is 0 Å². The minimum absolute atomic E-state index is 0. The summed E-state index contributed by atoms with van der Waals surface area (Å²) in [5, 5.41) is -0.915. The van der Waals surface area contributed by atoms with Crippen LogP contribution in [0.4, 0.5) is 8.78 Å². The first-order valence-electron chi connectivity index (χ1n) is 2.71. The van der Waals surface area contributed by atoms with Crippen LogP contribution < -0.4 is 0 Å². The van der Waals surface area contributed by atoms with Crippen molar-refractivity contribution in [1.29, 1.82) is 0 Å². The Bertz CT molecular complexity index is 408. The fourth-order valence-corrected chi connectivity index (χ4v) is 0.980. The average molecular weight is 232 g/mol. The highest BCUT2D eigenvalue weighted by Crippen LogP contribution is 2.08. The molecule has 1 aromatic rings. The van der Waals surface area contributed by atoms with Crippen molar-refractivity contribution >= 4 is 22.5 Å². The van der Waals surface area contributed by atoms with E-state index < -0.39 is 26.9 Å². The monoisotopic (exact) mass is 231 g/mol. The summed E-state index contributed by atoms with van der Waals surface area (Å²) in [7, 11) is -4.56. The first-order valence-corrected chi connectivity index (χ1v) is 4.15. The summed E-state index contributed by atoms with van der Waals surface area (Å²) >= 11 is 0. The van der Waals surface area contributed by atoms with Crippen LogP contribution in [0.15, 0.2) is 17.2 Å². The van der Waals surface area contributed by atoms with E-state index in [1.807, 2.05) is 0 Å². The van der Waals surface area contributed by atoms with E-state index in [1.54, 1.807) is 0 Å². The Morgan fingerprint density at radius 2 is 1.85 bits per heavy atom. The lowest BCUT2D eigenvalue weighted by Crippen LogP contribution is -2.03. The molecule has 4 nitrogen and oxygen atoms in total. The van der Waals surface area contributed by atoms with Crippen molar-refractivity contribution in [3.05, 3.63) is 23.9 Å². The Labute approximate surface area is 78.8 Å². The van der Waals surface area contributed by atoms with Gasteiger partial charge in [-0.15, -0.1) is 12.4 Å². The molecule has 1 rings (SSSR count). The van der Waals surface area contributed by atoms with Crippen LogP contribution in [-0.2, 0) is 10.1 Å². The van der Waals surface area contributed by atoms with Crippen molar-refractivity contribution < 1.29 is 21.8 Å². The third-order valence-electron chi connectivity index (χ3n) is 1.04. The zero-order valence-corrected chi connectivity index (χ0v) is 7.57. The summed E-state index contributed by atoms with van der Waals surface area (Å²) in [6.45, 7) is 0. The van der Waals surface area contributed by atoms with Gasteiger partial charge in [0.25, 0.3) is 0 Å². The van der Waals surface area contributed by atoms with E-state index in [0.717, 1.165) is 0 Å². The second-order valence-corrected chi connectivity index (χ2v) is 3.27. The summed E-state index contributed by atoms with van der Waals surface area (Å²) in [6, 6.07) is 1.22. The van der Waals surface area contributed by atoms with Gasteiger partial charge in [0.1, 0.15) is 0 Å². The normalized spacial score (nSPS) is 10.7. The number of aromatic nitrogens is 1. The molecule has 13 heavy (non-hydrogen) atoms. The molecule has 1 aromatic heterocycles. The lowest BCUT2D eigenvalue weighted by molar-refractivity contribution is 0.452. The molecule has 0 aliphatic rings. The van der Waals surface area contributed by atoms with Crippen molar-refractivity contribution in [2.24, 2.45) is 0 Å². The smallest absolute Gasteiger partial charge is 0.281 e. The summed E-state index contributed by atoms with van der Waals surface area (Å²) in [5.74, 6) is -2.84. The number of rotatable bonds is 1. The fourth-order valence-electron chi connectivity index (χ4n) is 0.544. The van der Waals surface area contributed by atoms with E-state index in [2.05, 4.69) is 4.98 Å². The molecule has 8 heteroatoms. The zero-order chi connectivity index (χ0) is 9.35. The maximum Gasteiger partial charge on any atom is 0.312 e. The molecule has 0 aliphatic carbocycles. The van der Waals surface area contributed by atoms with E-state index >= 15 is 0 Å². The predicted molar refractivity (Wildman–Crippen MR) is 41.2 cm³/mol. The van der Waals surface area contributed by atoms with Gasteiger partial charge in [-0.1, -0.05) is 0 Å². The van der Waals surface area contributed by atoms with E-state index in [9.17, 15) is 17.2 Å². The van der Waals surface area contributed by atoms with Crippen LogP contribution in [0, 0.1) is 11.8 Å². The van der Waals surface area contributed by atoms with Crippen LogP contribution in [0.2, 0.25) is 0 Å². The number of hydrogen-bond donors (Lipinski definition) is 1. The maximum atomic E-state index is 12.2. The second kappa shape index (κ2) is 3.95. The third kappa shape index (κ3) is 2.87. The van der Waals surface area contributed by atoms with Crippen molar-refractivity contribution in [2.75, 3.05) is 0 Å². The van der Waals surface area contributed by atoms with Crippen molar-refractivity contribution in [2.45, 2.75) is 5.03 Å². The number of halogens is 3. The van der Waals surface area contributed by atoms with Gasteiger partial charge in [0.15, 0.2) is 10.8 Å². The molecule has 0 aromatic carbocycles. The highest BCUT2D eigenvalue weighted by Gasteiger charge is 2.14. The molecule has 0 atom stereocenters. The molecule has 0 fully saturated rings. The summed E-state index contributed by atoms with van der Waals surface area (Å²) in [5.41, 5.74) is 0. The molecule has 0 unspecified atom stereocenters. The van der Waals surface area contributed by atoms with Gasteiger partial charge < -0.3 is 0 Å². The van der Waals surface area contributed by atoms with Gasteiger partial charge in [0.2, 0.25) is 5.95 Å². The summed E-state index contributed by atoms with van der Waals surface area (Å²) < 4.78 is 53.3. The summed E-state index contributed by atoms with van der Waals surface area (Å²) in [4.78, 5) is 2.66. The first kappa shape index (κ1) is 12.2. The molecule has 0 radical (unpaired) electrons. The number of nitrogens with zero attached hydrogens (tertiary/aromatic N) is 1. The lowest BCUT2D eigenvalue weighted by atomic mass is 10.5. The van der Waals surface area contributed by atoms with Gasteiger partial charge in [-0.2, -0.15) is 12.8 Å². The molecule has 0 amide bonds. The molecule has 0 aliphatic heterocycles. The molecule has 0 spiro atoms. The molecule has 1 heterocycles. The number of hydrogen-bond acceptors (Lipinski definition) is 3. The molecule has 0 saturated carbocycles. The zero-order valence-electron chi connectivity index (χ0n) is 5.94. The van der Waals surface area contributed by atoms with E-state index in [4.69, 9.17) is 4.55 Å². The van der Waals surface area contributed by atoms with Crippen molar-refractivity contribution in [3.63, 3.8) is 0 Å². The van der Waals surface area contributed by atoms with E-state index in [1.165, 1.54) is 0 Å². The molecular weight excluding hydrogens is 228 g/mol. The van der Waals surface area contributed by atoms with Crippen LogP contribution in [0.1, 0.15) is 0 Å². The minimum Gasteiger partial charge on any atom is -0.281 e. The lowest BCUT2D eigenvalue weighted by Gasteiger charge is -1.95. The highest BCUT2D eigenvalue weighted by molar-refractivity contribution is 7.85. The van der Waals surface area contributed by atoms with E-state index in [0.29, 0.717) is 12.1 Å². The van der Waals surface area contributed by atoms with Gasteiger partial charge in [-0.05, 0) is 12.1 Å². The standard InChI is InChI=1S/C5H3F2NO3S.ClH/c6-3-1-2-4(8-5(3)7)12(9,10)11;/h1-2H,(H,9,10,11);1H. The van der Waals surface area contributed by atoms with Crippen molar-refractivity contribution in [3.8, 4) is 0 Å². The Kier molecular flexibility index (Phi) is 3.71. The van der Waals surface area contributed by atoms with Gasteiger partial charge in [-0.3, -0.25) is 4.55 Å². The van der Waals surface area contributed by atoms with Gasteiger partial charge in [-0.25, -0.2) is 9.37 Å². The van der Waals surface area contributed by atoms with Gasteiger partial charge in [0.05, 0.1) is 0 Å². The minimum atomic E-state index is -4.56. The molecule has 0 bridgehead atoms. The molecule has 0 saturated heterocycles. The average Bonchev–Trinajstić information content (AvgIpc) is 1.92. The molecule has 74 valence electrons. The maximum absolute atomic E-state index is 12.2. The summed E-state index contributed by atoms with van der Waals surface area (Å²) in [6.07, 6.45) is 0.